The maximum absolute atomic E-state index is 12.1. The molecule has 7 heteroatoms. The van der Waals surface area contributed by atoms with E-state index in [9.17, 15) is 9.59 Å². The van der Waals surface area contributed by atoms with Crippen LogP contribution in [0.4, 0.5) is 4.79 Å². The quantitative estimate of drug-likeness (QED) is 0.874. The van der Waals surface area contributed by atoms with Crippen molar-refractivity contribution < 1.29 is 9.59 Å². The van der Waals surface area contributed by atoms with E-state index >= 15 is 0 Å². The highest BCUT2D eigenvalue weighted by Gasteiger charge is 2.26. The van der Waals surface area contributed by atoms with E-state index in [1.54, 1.807) is 11.3 Å². The van der Waals surface area contributed by atoms with Gasteiger partial charge in [0, 0.05) is 44.5 Å². The molecule has 25 heavy (non-hydrogen) atoms. The molecule has 6 nitrogen and oxygen atoms in total. The number of nitrogens with one attached hydrogen (secondary N) is 2. The first-order valence-electron chi connectivity index (χ1n) is 8.52. The third-order valence-electron chi connectivity index (χ3n) is 4.75. The summed E-state index contributed by atoms with van der Waals surface area (Å²) in [5.74, 6) is -0.253. The Labute approximate surface area is 151 Å². The van der Waals surface area contributed by atoms with Crippen molar-refractivity contribution in [2.45, 2.75) is 19.5 Å². The van der Waals surface area contributed by atoms with Crippen LogP contribution in [0.5, 0.6) is 0 Å². The van der Waals surface area contributed by atoms with Crippen LogP contribution in [0.25, 0.3) is 10.1 Å². The number of carbonyl (C=O) groups excluding carboxylic acids is 2. The van der Waals surface area contributed by atoms with Crippen molar-refractivity contribution in [2.24, 2.45) is 0 Å². The van der Waals surface area contributed by atoms with Crippen LogP contribution in [0.15, 0.2) is 29.6 Å². The molecule has 1 aliphatic rings. The highest BCUT2D eigenvalue weighted by atomic mass is 32.1. The number of imide groups is 1. The van der Waals surface area contributed by atoms with Crippen molar-refractivity contribution in [1.29, 1.82) is 0 Å². The Morgan fingerprint density at radius 1 is 1.20 bits per heavy atom. The normalized spacial score (nSPS) is 17.4. The molecule has 0 saturated carbocycles. The van der Waals surface area contributed by atoms with Crippen LogP contribution in [-0.4, -0.2) is 61.0 Å². The molecule has 1 fully saturated rings. The molecule has 1 saturated heterocycles. The zero-order valence-electron chi connectivity index (χ0n) is 14.6. The number of urea groups is 1. The Kier molecular flexibility index (Phi) is 5.67. The summed E-state index contributed by atoms with van der Waals surface area (Å²) in [6.45, 7) is 6.27. The van der Waals surface area contributed by atoms with Crippen molar-refractivity contribution in [2.75, 3.05) is 33.2 Å². The zero-order valence-corrected chi connectivity index (χ0v) is 15.4. The van der Waals surface area contributed by atoms with E-state index in [1.165, 1.54) is 22.7 Å². The first kappa shape index (κ1) is 17.8. The van der Waals surface area contributed by atoms with Gasteiger partial charge in [-0.25, -0.2) is 4.79 Å². The number of hydrogen-bond donors (Lipinski definition) is 2. The molecule has 3 amide bonds. The molecule has 2 N–H and O–H groups in total. The van der Waals surface area contributed by atoms with E-state index in [4.69, 9.17) is 0 Å². The molecule has 2 heterocycles. The number of benzene rings is 1. The van der Waals surface area contributed by atoms with Crippen LogP contribution < -0.4 is 10.6 Å². The summed E-state index contributed by atoms with van der Waals surface area (Å²) in [7, 11) is 1.50. The Morgan fingerprint density at radius 2 is 1.92 bits per heavy atom. The Balaban J connectivity index is 1.53. The van der Waals surface area contributed by atoms with Gasteiger partial charge in [0.1, 0.15) is 0 Å². The van der Waals surface area contributed by atoms with Gasteiger partial charge in [0.2, 0.25) is 5.91 Å². The van der Waals surface area contributed by atoms with Gasteiger partial charge in [-0.2, -0.15) is 0 Å². The highest BCUT2D eigenvalue weighted by Crippen LogP contribution is 2.27. The topological polar surface area (TPSA) is 64.7 Å². The van der Waals surface area contributed by atoms with E-state index < -0.39 is 6.03 Å². The Bertz CT molecular complexity index is 752. The van der Waals surface area contributed by atoms with Gasteiger partial charge in [-0.15, -0.1) is 11.3 Å². The van der Waals surface area contributed by atoms with Crippen LogP contribution in [-0.2, 0) is 11.3 Å². The maximum atomic E-state index is 12.1. The number of piperazine rings is 1. The lowest BCUT2D eigenvalue weighted by molar-refractivity contribution is -0.125. The van der Waals surface area contributed by atoms with Gasteiger partial charge in [0.25, 0.3) is 0 Å². The van der Waals surface area contributed by atoms with Crippen molar-refractivity contribution in [1.82, 2.24) is 20.4 Å². The minimum atomic E-state index is -0.458. The lowest BCUT2D eigenvalue weighted by Gasteiger charge is -2.37. The number of nitrogens with zero attached hydrogens (tertiary/aromatic N) is 2. The molecule has 0 unspecified atom stereocenters. The molecule has 134 valence electrons. The van der Waals surface area contributed by atoms with Gasteiger partial charge in [0.05, 0.1) is 6.04 Å². The summed E-state index contributed by atoms with van der Waals surface area (Å²) in [6, 6.07) is 7.74. The maximum Gasteiger partial charge on any atom is 0.321 e. The summed E-state index contributed by atoms with van der Waals surface area (Å²) in [5.41, 5.74) is 1.37. The molecule has 0 aliphatic carbocycles. The predicted molar refractivity (Wildman–Crippen MR) is 101 cm³/mol. The highest BCUT2D eigenvalue weighted by molar-refractivity contribution is 7.17. The fraction of sp³-hybridized carbons (Fsp3) is 0.444. The lowest BCUT2D eigenvalue weighted by Crippen LogP contribution is -2.55. The summed E-state index contributed by atoms with van der Waals surface area (Å²) >= 11 is 1.79. The second-order valence-corrected chi connectivity index (χ2v) is 7.22. The lowest BCUT2D eigenvalue weighted by atomic mass is 10.1. The Hall–Kier alpha value is -1.96. The Morgan fingerprint density at radius 3 is 2.64 bits per heavy atom. The van der Waals surface area contributed by atoms with Gasteiger partial charge in [-0.05, 0) is 29.3 Å². The summed E-state index contributed by atoms with van der Waals surface area (Å²) < 4.78 is 1.33. The van der Waals surface area contributed by atoms with Gasteiger partial charge in [0.15, 0.2) is 0 Å². The van der Waals surface area contributed by atoms with Crippen molar-refractivity contribution >= 4 is 33.4 Å². The van der Waals surface area contributed by atoms with E-state index in [0.29, 0.717) is 0 Å². The molecule has 1 aromatic carbocycles. The van der Waals surface area contributed by atoms with E-state index in [2.05, 4.69) is 50.1 Å². The number of rotatable bonds is 4. The van der Waals surface area contributed by atoms with E-state index in [-0.39, 0.29) is 11.9 Å². The largest absolute Gasteiger partial charge is 0.341 e. The van der Waals surface area contributed by atoms with E-state index in [1.807, 2.05) is 6.92 Å². The van der Waals surface area contributed by atoms with Crippen LogP contribution in [0.2, 0.25) is 0 Å². The first-order valence-corrected chi connectivity index (χ1v) is 9.40. The molecule has 0 radical (unpaired) electrons. The SMILES string of the molecule is CNC(=O)NC(=O)[C@H](C)N1CCN(Cc2csc3ccccc23)CC1. The van der Waals surface area contributed by atoms with Crippen LogP contribution in [0.3, 0.4) is 0 Å². The van der Waals surface area contributed by atoms with Crippen molar-refractivity contribution in [3.63, 3.8) is 0 Å². The second-order valence-electron chi connectivity index (χ2n) is 6.31. The molecular weight excluding hydrogens is 336 g/mol. The van der Waals surface area contributed by atoms with Crippen molar-refractivity contribution in [3.8, 4) is 0 Å². The van der Waals surface area contributed by atoms with Crippen LogP contribution >= 0.6 is 11.3 Å². The molecule has 1 aliphatic heterocycles. The van der Waals surface area contributed by atoms with Crippen LogP contribution in [0, 0.1) is 0 Å². The summed E-state index contributed by atoms with van der Waals surface area (Å²) in [4.78, 5) is 27.9. The summed E-state index contributed by atoms with van der Waals surface area (Å²) in [5, 5.41) is 8.34. The van der Waals surface area contributed by atoms with Gasteiger partial charge < -0.3 is 5.32 Å². The minimum absolute atomic E-state index is 0.253. The monoisotopic (exact) mass is 360 g/mol. The molecule has 0 spiro atoms. The number of carbonyl (C=O) groups is 2. The van der Waals surface area contributed by atoms with Crippen molar-refractivity contribution in [3.05, 3.63) is 35.2 Å². The molecule has 1 atom stereocenters. The van der Waals surface area contributed by atoms with Gasteiger partial charge >= 0.3 is 6.03 Å². The standard InChI is InChI=1S/C18H24N4O2S/c1-13(17(23)20-18(24)19-2)22-9-7-21(8-10-22)11-14-12-25-16-6-4-3-5-15(14)16/h3-6,12-13H,7-11H2,1-2H3,(H2,19,20,23,24)/t13-/m0/s1. The average molecular weight is 360 g/mol. The number of hydrogen-bond acceptors (Lipinski definition) is 5. The molecule has 3 rings (SSSR count). The molecule has 2 aromatic rings. The fourth-order valence-electron chi connectivity index (χ4n) is 3.15. The third-order valence-corrected chi connectivity index (χ3v) is 5.77. The number of fused-ring (bicyclic) bond motifs is 1. The van der Waals surface area contributed by atoms with Crippen LogP contribution in [0.1, 0.15) is 12.5 Å². The molecular formula is C18H24N4O2S. The van der Waals surface area contributed by atoms with Gasteiger partial charge in [-0.1, -0.05) is 18.2 Å². The smallest absolute Gasteiger partial charge is 0.321 e. The predicted octanol–water partition coefficient (Wildman–Crippen LogP) is 1.86. The van der Waals surface area contributed by atoms with Gasteiger partial charge in [-0.3, -0.25) is 19.9 Å². The average Bonchev–Trinajstić information content (AvgIpc) is 3.04. The number of thiophene rings is 1. The summed E-state index contributed by atoms with van der Waals surface area (Å²) in [6.07, 6.45) is 0. The third kappa shape index (κ3) is 4.18. The molecule has 0 bridgehead atoms. The van der Waals surface area contributed by atoms with E-state index in [0.717, 1.165) is 32.7 Å². The fourth-order valence-corrected chi connectivity index (χ4v) is 4.10. The number of amides is 3. The minimum Gasteiger partial charge on any atom is -0.341 e. The second kappa shape index (κ2) is 7.95. The molecule has 1 aromatic heterocycles. The zero-order chi connectivity index (χ0) is 17.8. The first-order chi connectivity index (χ1) is 12.1.